The first-order valence-corrected chi connectivity index (χ1v) is 11.0. The van der Waals surface area contributed by atoms with Gasteiger partial charge in [-0.3, -0.25) is 4.90 Å². The van der Waals surface area contributed by atoms with Gasteiger partial charge in [-0.2, -0.15) is 0 Å². The fraction of sp³-hybridized carbons (Fsp3) is 0.400. The first-order valence-electron chi connectivity index (χ1n) is 9.14. The van der Waals surface area contributed by atoms with Crippen molar-refractivity contribution >= 4 is 21.6 Å². The molecule has 0 aliphatic carbocycles. The van der Waals surface area contributed by atoms with E-state index in [2.05, 4.69) is 4.72 Å². The van der Waals surface area contributed by atoms with E-state index in [4.69, 9.17) is 16.3 Å². The Morgan fingerprint density at radius 2 is 2.00 bits per heavy atom. The predicted molar refractivity (Wildman–Crippen MR) is 108 cm³/mol. The zero-order chi connectivity index (χ0) is 20.3. The van der Waals surface area contributed by atoms with Crippen LogP contribution in [0.1, 0.15) is 24.1 Å². The number of morpholine rings is 1. The van der Waals surface area contributed by atoms with Crippen molar-refractivity contribution in [1.29, 1.82) is 0 Å². The van der Waals surface area contributed by atoms with Crippen LogP contribution in [0.4, 0.5) is 4.39 Å². The van der Waals surface area contributed by atoms with E-state index >= 15 is 0 Å². The van der Waals surface area contributed by atoms with E-state index in [0.717, 1.165) is 5.56 Å². The summed E-state index contributed by atoms with van der Waals surface area (Å²) in [5.74, 6) is -0.453. The maximum absolute atomic E-state index is 14.6. The number of hydrogen-bond donors (Lipinski definition) is 1. The Labute approximate surface area is 170 Å². The molecule has 2 aromatic rings. The SMILES string of the molecule is Cc1ccc(S(=O)(=O)NCC(c2c(F)cccc2Cl)N2CCOC(C)C2)cc1. The fourth-order valence-electron chi connectivity index (χ4n) is 3.36. The molecule has 3 rings (SSSR count). The van der Waals surface area contributed by atoms with Gasteiger partial charge < -0.3 is 4.74 Å². The van der Waals surface area contributed by atoms with Crippen molar-refractivity contribution in [2.45, 2.75) is 30.9 Å². The summed E-state index contributed by atoms with van der Waals surface area (Å²) in [7, 11) is -3.73. The molecule has 0 bridgehead atoms. The highest BCUT2D eigenvalue weighted by atomic mass is 35.5. The monoisotopic (exact) mass is 426 g/mol. The van der Waals surface area contributed by atoms with Gasteiger partial charge in [0.1, 0.15) is 5.82 Å². The van der Waals surface area contributed by atoms with Crippen molar-refractivity contribution in [3.8, 4) is 0 Å². The Balaban J connectivity index is 1.88. The van der Waals surface area contributed by atoms with Gasteiger partial charge in [-0.05, 0) is 38.1 Å². The van der Waals surface area contributed by atoms with Gasteiger partial charge >= 0.3 is 0 Å². The van der Waals surface area contributed by atoms with E-state index in [0.29, 0.717) is 25.3 Å². The van der Waals surface area contributed by atoms with Crippen molar-refractivity contribution in [2.75, 3.05) is 26.2 Å². The maximum atomic E-state index is 14.6. The third kappa shape index (κ3) is 4.90. The standard InChI is InChI=1S/C20H24ClFN2O3S/c1-14-6-8-16(9-7-14)28(25,26)23-12-19(24-10-11-27-15(2)13-24)20-17(21)4-3-5-18(20)22/h3-9,15,19,23H,10-13H2,1-2H3. The van der Waals surface area contributed by atoms with Crippen molar-refractivity contribution in [3.63, 3.8) is 0 Å². The highest BCUT2D eigenvalue weighted by Gasteiger charge is 2.30. The second kappa shape index (κ2) is 8.88. The van der Waals surface area contributed by atoms with Crippen LogP contribution in [0.5, 0.6) is 0 Å². The average Bonchev–Trinajstić information content (AvgIpc) is 2.64. The van der Waals surface area contributed by atoms with Crippen LogP contribution < -0.4 is 4.72 Å². The van der Waals surface area contributed by atoms with E-state index in [1.54, 1.807) is 30.3 Å². The van der Waals surface area contributed by atoms with Crippen LogP contribution in [0.2, 0.25) is 5.02 Å². The Morgan fingerprint density at radius 3 is 2.64 bits per heavy atom. The lowest BCUT2D eigenvalue weighted by molar-refractivity contribution is -0.0342. The quantitative estimate of drug-likeness (QED) is 0.767. The molecule has 152 valence electrons. The van der Waals surface area contributed by atoms with Gasteiger partial charge in [0.2, 0.25) is 10.0 Å². The molecule has 8 heteroatoms. The minimum absolute atomic E-state index is 0.00355. The lowest BCUT2D eigenvalue weighted by Gasteiger charge is -2.38. The van der Waals surface area contributed by atoms with E-state index in [-0.39, 0.29) is 22.6 Å². The van der Waals surface area contributed by atoms with E-state index < -0.39 is 21.9 Å². The summed E-state index contributed by atoms with van der Waals surface area (Å²) in [4.78, 5) is 2.18. The normalized spacial score (nSPS) is 19.5. The molecule has 1 aliphatic rings. The summed E-state index contributed by atoms with van der Waals surface area (Å²) < 4.78 is 48.2. The van der Waals surface area contributed by atoms with Crippen LogP contribution in [-0.2, 0) is 14.8 Å². The smallest absolute Gasteiger partial charge is 0.240 e. The largest absolute Gasteiger partial charge is 0.376 e. The Bertz CT molecular complexity index is 901. The number of ether oxygens (including phenoxy) is 1. The number of aryl methyl sites for hydroxylation is 1. The molecule has 0 spiro atoms. The summed E-state index contributed by atoms with van der Waals surface area (Å²) in [5, 5.41) is 0.277. The number of nitrogens with zero attached hydrogens (tertiary/aromatic N) is 1. The second-order valence-corrected chi connectivity index (χ2v) is 9.17. The summed E-state index contributed by atoms with van der Waals surface area (Å²) >= 11 is 6.29. The molecule has 0 radical (unpaired) electrons. The molecule has 0 aromatic heterocycles. The van der Waals surface area contributed by atoms with Gasteiger partial charge in [-0.1, -0.05) is 35.4 Å². The molecular formula is C20H24ClFN2O3S. The van der Waals surface area contributed by atoms with Crippen LogP contribution in [-0.4, -0.2) is 45.7 Å². The Hall–Kier alpha value is -1.51. The minimum atomic E-state index is -3.73. The molecule has 1 heterocycles. The molecule has 5 nitrogen and oxygen atoms in total. The summed E-state index contributed by atoms with van der Waals surface area (Å²) in [6.45, 7) is 5.44. The van der Waals surface area contributed by atoms with Crippen molar-refractivity contribution in [3.05, 3.63) is 64.4 Å². The second-order valence-electron chi connectivity index (χ2n) is 6.99. The van der Waals surface area contributed by atoms with Gasteiger partial charge in [0.15, 0.2) is 0 Å². The molecule has 2 atom stereocenters. The first-order chi connectivity index (χ1) is 13.3. The van der Waals surface area contributed by atoms with Crippen LogP contribution in [0.15, 0.2) is 47.4 Å². The van der Waals surface area contributed by atoms with Crippen molar-refractivity contribution in [2.24, 2.45) is 0 Å². The van der Waals surface area contributed by atoms with E-state index in [1.165, 1.54) is 12.1 Å². The minimum Gasteiger partial charge on any atom is -0.376 e. The summed E-state index contributed by atoms with van der Waals surface area (Å²) in [6, 6.07) is 10.5. The third-order valence-electron chi connectivity index (χ3n) is 4.84. The molecule has 28 heavy (non-hydrogen) atoms. The molecule has 1 N–H and O–H groups in total. The number of hydrogen-bond acceptors (Lipinski definition) is 4. The lowest BCUT2D eigenvalue weighted by Crippen LogP contribution is -2.46. The van der Waals surface area contributed by atoms with Crippen LogP contribution in [0.25, 0.3) is 0 Å². The van der Waals surface area contributed by atoms with Gasteiger partial charge in [-0.25, -0.2) is 17.5 Å². The third-order valence-corrected chi connectivity index (χ3v) is 6.61. The molecule has 1 aliphatic heterocycles. The Morgan fingerprint density at radius 1 is 1.29 bits per heavy atom. The molecule has 2 aromatic carbocycles. The number of benzene rings is 2. The van der Waals surface area contributed by atoms with Gasteiger partial charge in [-0.15, -0.1) is 0 Å². The number of halogens is 2. The Kier molecular flexibility index (Phi) is 6.73. The predicted octanol–water partition coefficient (Wildman–Crippen LogP) is 3.53. The fourth-order valence-corrected chi connectivity index (χ4v) is 4.69. The highest BCUT2D eigenvalue weighted by Crippen LogP contribution is 2.31. The average molecular weight is 427 g/mol. The van der Waals surface area contributed by atoms with Crippen LogP contribution in [0, 0.1) is 12.7 Å². The zero-order valence-corrected chi connectivity index (χ0v) is 17.4. The molecular weight excluding hydrogens is 403 g/mol. The highest BCUT2D eigenvalue weighted by molar-refractivity contribution is 7.89. The number of sulfonamides is 1. The maximum Gasteiger partial charge on any atom is 0.240 e. The topological polar surface area (TPSA) is 58.6 Å². The van der Waals surface area contributed by atoms with E-state index in [1.807, 2.05) is 18.7 Å². The van der Waals surface area contributed by atoms with Crippen molar-refractivity contribution < 1.29 is 17.5 Å². The first kappa shape index (κ1) is 21.2. The van der Waals surface area contributed by atoms with Crippen LogP contribution >= 0.6 is 11.6 Å². The zero-order valence-electron chi connectivity index (χ0n) is 15.9. The van der Waals surface area contributed by atoms with Crippen LogP contribution in [0.3, 0.4) is 0 Å². The number of nitrogens with one attached hydrogen (secondary N) is 1. The van der Waals surface area contributed by atoms with E-state index in [9.17, 15) is 12.8 Å². The van der Waals surface area contributed by atoms with Gasteiger partial charge in [0, 0.05) is 30.2 Å². The number of rotatable bonds is 6. The summed E-state index contributed by atoms with van der Waals surface area (Å²) in [6.07, 6.45) is -0.0319. The van der Waals surface area contributed by atoms with Gasteiger partial charge in [0.05, 0.1) is 23.6 Å². The van der Waals surface area contributed by atoms with Gasteiger partial charge in [0.25, 0.3) is 0 Å². The van der Waals surface area contributed by atoms with Crippen molar-refractivity contribution in [1.82, 2.24) is 9.62 Å². The molecule has 1 fully saturated rings. The molecule has 1 saturated heterocycles. The summed E-state index contributed by atoms with van der Waals surface area (Å²) in [5.41, 5.74) is 1.27. The molecule has 2 unspecified atom stereocenters. The lowest BCUT2D eigenvalue weighted by atomic mass is 10.0. The molecule has 0 amide bonds. The molecule has 0 saturated carbocycles.